The van der Waals surface area contributed by atoms with Crippen molar-refractivity contribution in [1.29, 1.82) is 0 Å². The molecule has 6 nitrogen and oxygen atoms in total. The van der Waals surface area contributed by atoms with Crippen LogP contribution in [0.1, 0.15) is 21.5 Å². The van der Waals surface area contributed by atoms with Crippen LogP contribution in [0.2, 0.25) is 0 Å². The summed E-state index contributed by atoms with van der Waals surface area (Å²) in [5, 5.41) is 3.01. The van der Waals surface area contributed by atoms with E-state index in [1.807, 2.05) is 76.0 Å². The highest BCUT2D eigenvalue weighted by Gasteiger charge is 2.08. The Morgan fingerprint density at radius 2 is 1.74 bits per heavy atom. The highest BCUT2D eigenvalue weighted by molar-refractivity contribution is 5.94. The number of nitrogens with zero attached hydrogens (tertiary/aromatic N) is 4. The summed E-state index contributed by atoms with van der Waals surface area (Å²) in [5.74, 6) is -0.0953. The molecular formula is C25H21N5O. The number of para-hydroxylation sites is 2. The smallest absolute Gasteiger partial charge is 0.251 e. The molecule has 0 spiro atoms. The summed E-state index contributed by atoms with van der Waals surface area (Å²) < 4.78 is 4.03. The Kier molecular flexibility index (Phi) is 5.02. The Labute approximate surface area is 179 Å². The van der Waals surface area contributed by atoms with Crippen molar-refractivity contribution >= 4 is 16.9 Å². The van der Waals surface area contributed by atoms with E-state index in [2.05, 4.69) is 27.4 Å². The molecule has 5 aromatic rings. The number of carbonyl (C=O) groups is 1. The molecule has 0 saturated heterocycles. The third kappa shape index (κ3) is 4.09. The van der Waals surface area contributed by atoms with E-state index in [4.69, 9.17) is 0 Å². The molecule has 0 bridgehead atoms. The third-order valence-corrected chi connectivity index (χ3v) is 5.23. The van der Waals surface area contributed by atoms with E-state index in [1.54, 1.807) is 18.9 Å². The van der Waals surface area contributed by atoms with Gasteiger partial charge < -0.3 is 9.88 Å². The molecule has 152 valence electrons. The molecule has 5 rings (SSSR count). The minimum absolute atomic E-state index is 0.0953. The lowest BCUT2D eigenvalue weighted by Crippen LogP contribution is -2.22. The second kappa shape index (κ2) is 8.28. The van der Waals surface area contributed by atoms with Gasteiger partial charge in [0.2, 0.25) is 0 Å². The predicted octanol–water partition coefficient (Wildman–Crippen LogP) is 4.20. The molecule has 0 unspecified atom stereocenters. The van der Waals surface area contributed by atoms with Gasteiger partial charge in [0.25, 0.3) is 5.91 Å². The molecule has 6 heteroatoms. The lowest BCUT2D eigenvalue weighted by molar-refractivity contribution is 0.0951. The number of imidazole rings is 2. The minimum Gasteiger partial charge on any atom is -0.348 e. The second-order valence-electron chi connectivity index (χ2n) is 7.39. The monoisotopic (exact) mass is 407 g/mol. The van der Waals surface area contributed by atoms with Crippen molar-refractivity contribution in [3.63, 3.8) is 0 Å². The van der Waals surface area contributed by atoms with E-state index < -0.39 is 0 Å². The number of amides is 1. The van der Waals surface area contributed by atoms with Crippen LogP contribution in [-0.2, 0) is 13.1 Å². The Balaban J connectivity index is 1.25. The van der Waals surface area contributed by atoms with Crippen LogP contribution in [0.3, 0.4) is 0 Å². The molecule has 0 radical (unpaired) electrons. The Morgan fingerprint density at radius 3 is 2.58 bits per heavy atom. The number of aromatic nitrogens is 4. The highest BCUT2D eigenvalue weighted by Crippen LogP contribution is 2.18. The maximum atomic E-state index is 12.6. The largest absolute Gasteiger partial charge is 0.348 e. The fourth-order valence-electron chi connectivity index (χ4n) is 3.65. The summed E-state index contributed by atoms with van der Waals surface area (Å²) in [7, 11) is 0. The van der Waals surface area contributed by atoms with Crippen molar-refractivity contribution in [3.8, 4) is 5.69 Å². The normalized spacial score (nSPS) is 11.0. The summed E-state index contributed by atoms with van der Waals surface area (Å²) >= 11 is 0. The molecule has 0 aliphatic carbocycles. The van der Waals surface area contributed by atoms with Gasteiger partial charge in [0.05, 0.1) is 17.4 Å². The number of benzene rings is 3. The lowest BCUT2D eigenvalue weighted by atomic mass is 10.1. The molecule has 2 aromatic heterocycles. The van der Waals surface area contributed by atoms with Gasteiger partial charge in [-0.3, -0.25) is 9.36 Å². The quantitative estimate of drug-likeness (QED) is 0.459. The van der Waals surface area contributed by atoms with Crippen molar-refractivity contribution in [1.82, 2.24) is 24.4 Å². The van der Waals surface area contributed by atoms with E-state index in [9.17, 15) is 4.79 Å². The van der Waals surface area contributed by atoms with Crippen molar-refractivity contribution in [2.45, 2.75) is 13.1 Å². The van der Waals surface area contributed by atoms with E-state index >= 15 is 0 Å². The van der Waals surface area contributed by atoms with E-state index in [0.717, 1.165) is 28.8 Å². The van der Waals surface area contributed by atoms with Gasteiger partial charge in [-0.1, -0.05) is 36.4 Å². The average molecular weight is 407 g/mol. The van der Waals surface area contributed by atoms with Crippen LogP contribution in [0.5, 0.6) is 0 Å². The minimum atomic E-state index is -0.0953. The second-order valence-corrected chi connectivity index (χ2v) is 7.39. The number of fused-ring (bicyclic) bond motifs is 1. The number of rotatable bonds is 6. The van der Waals surface area contributed by atoms with Crippen molar-refractivity contribution in [3.05, 3.63) is 115 Å². The van der Waals surface area contributed by atoms with Gasteiger partial charge in [-0.25, -0.2) is 9.97 Å². The molecule has 31 heavy (non-hydrogen) atoms. The summed E-state index contributed by atoms with van der Waals surface area (Å²) in [6, 6.07) is 23.8. The van der Waals surface area contributed by atoms with Crippen LogP contribution in [0.25, 0.3) is 16.7 Å². The van der Waals surface area contributed by atoms with Crippen molar-refractivity contribution < 1.29 is 4.79 Å². The SMILES string of the molecule is O=C(NCc1cccc(Cn2ccnc2)c1)c1ccc(-n2cnc3ccccc32)cc1. The molecule has 1 amide bonds. The molecule has 0 atom stereocenters. The molecule has 0 fully saturated rings. The van der Waals surface area contributed by atoms with Gasteiger partial charge >= 0.3 is 0 Å². The molecule has 1 N–H and O–H groups in total. The molecular weight excluding hydrogens is 386 g/mol. The van der Waals surface area contributed by atoms with Crippen LogP contribution < -0.4 is 5.32 Å². The van der Waals surface area contributed by atoms with Gasteiger partial charge in [0.15, 0.2) is 0 Å². The topological polar surface area (TPSA) is 64.7 Å². The van der Waals surface area contributed by atoms with E-state index in [-0.39, 0.29) is 5.91 Å². The van der Waals surface area contributed by atoms with Crippen molar-refractivity contribution in [2.24, 2.45) is 0 Å². The predicted molar refractivity (Wildman–Crippen MR) is 120 cm³/mol. The molecule has 0 aliphatic rings. The molecule has 3 aromatic carbocycles. The van der Waals surface area contributed by atoms with Crippen LogP contribution in [-0.4, -0.2) is 25.0 Å². The third-order valence-electron chi connectivity index (χ3n) is 5.23. The summed E-state index contributed by atoms with van der Waals surface area (Å²) in [6.45, 7) is 1.23. The number of hydrogen-bond donors (Lipinski definition) is 1. The average Bonchev–Trinajstić information content (AvgIpc) is 3.48. The van der Waals surface area contributed by atoms with Gasteiger partial charge in [0, 0.05) is 36.7 Å². The van der Waals surface area contributed by atoms with Gasteiger partial charge in [-0.15, -0.1) is 0 Å². The maximum absolute atomic E-state index is 12.6. The molecule has 0 aliphatic heterocycles. The first kappa shape index (κ1) is 18.8. The number of hydrogen-bond acceptors (Lipinski definition) is 3. The first-order valence-corrected chi connectivity index (χ1v) is 10.1. The van der Waals surface area contributed by atoms with Crippen molar-refractivity contribution in [2.75, 3.05) is 0 Å². The first-order chi connectivity index (χ1) is 15.3. The van der Waals surface area contributed by atoms with Gasteiger partial charge in [-0.05, 0) is 47.5 Å². The highest BCUT2D eigenvalue weighted by atomic mass is 16.1. The van der Waals surface area contributed by atoms with Crippen LogP contribution in [0.15, 0.2) is 97.8 Å². The Hall–Kier alpha value is -4.19. The van der Waals surface area contributed by atoms with E-state index in [1.165, 1.54) is 5.56 Å². The molecule has 2 heterocycles. The van der Waals surface area contributed by atoms with Crippen LogP contribution in [0, 0.1) is 0 Å². The fourth-order valence-corrected chi connectivity index (χ4v) is 3.65. The lowest BCUT2D eigenvalue weighted by Gasteiger charge is -2.09. The first-order valence-electron chi connectivity index (χ1n) is 10.1. The Bertz CT molecular complexity index is 1320. The Morgan fingerprint density at radius 1 is 0.903 bits per heavy atom. The zero-order valence-corrected chi connectivity index (χ0v) is 16.8. The van der Waals surface area contributed by atoms with Gasteiger partial charge in [0.1, 0.15) is 6.33 Å². The van der Waals surface area contributed by atoms with Gasteiger partial charge in [-0.2, -0.15) is 0 Å². The zero-order chi connectivity index (χ0) is 21.0. The maximum Gasteiger partial charge on any atom is 0.251 e. The number of nitrogens with one attached hydrogen (secondary N) is 1. The molecule has 0 saturated carbocycles. The van der Waals surface area contributed by atoms with Crippen LogP contribution >= 0.6 is 0 Å². The summed E-state index contributed by atoms with van der Waals surface area (Å²) in [4.78, 5) is 21.1. The van der Waals surface area contributed by atoms with Crippen LogP contribution in [0.4, 0.5) is 0 Å². The number of carbonyl (C=O) groups excluding carboxylic acids is 1. The fraction of sp³-hybridized carbons (Fsp3) is 0.0800. The summed E-state index contributed by atoms with van der Waals surface area (Å²) in [5.41, 5.74) is 5.81. The standard InChI is InChI=1S/C25H21N5O/c31-25(27-15-19-4-3-5-20(14-19)16-29-13-12-26-17-29)21-8-10-22(11-9-21)30-18-28-23-6-1-2-7-24(23)30/h1-14,17-18H,15-16H2,(H,27,31). The zero-order valence-electron chi connectivity index (χ0n) is 16.8. The van der Waals surface area contributed by atoms with E-state index in [0.29, 0.717) is 12.1 Å². The summed E-state index contributed by atoms with van der Waals surface area (Å²) in [6.07, 6.45) is 7.30.